The van der Waals surface area contributed by atoms with Gasteiger partial charge in [0.2, 0.25) is 0 Å². The minimum atomic E-state index is -4.96. The third-order valence-corrected chi connectivity index (χ3v) is 21.4. The number of hydrogen-bond donors (Lipinski definition) is 3. The number of carbonyl (C=O) groups excluding carboxylic acids is 4. The summed E-state index contributed by atoms with van der Waals surface area (Å²) >= 11 is 0. The van der Waals surface area contributed by atoms with Gasteiger partial charge in [-0.15, -0.1) is 0 Å². The summed E-state index contributed by atoms with van der Waals surface area (Å²) in [6, 6.07) is 0. The Hall–Kier alpha value is -1.94. The van der Waals surface area contributed by atoms with Gasteiger partial charge >= 0.3 is 39.5 Å². The van der Waals surface area contributed by atoms with Crippen LogP contribution in [0.5, 0.6) is 0 Å². The molecule has 606 valence electrons. The predicted molar refractivity (Wildman–Crippen MR) is 418 cm³/mol. The van der Waals surface area contributed by atoms with Crippen LogP contribution in [-0.2, 0) is 65.4 Å². The third kappa shape index (κ3) is 76.3. The van der Waals surface area contributed by atoms with E-state index in [1.807, 2.05) is 0 Å². The minimum absolute atomic E-state index is 0.106. The number of phosphoric acid groups is 2. The van der Waals surface area contributed by atoms with Gasteiger partial charge in [-0.2, -0.15) is 0 Å². The molecule has 17 nitrogen and oxygen atoms in total. The fraction of sp³-hybridized carbons (Fsp3) is 0.952. The van der Waals surface area contributed by atoms with E-state index >= 15 is 0 Å². The van der Waals surface area contributed by atoms with Crippen molar-refractivity contribution in [1.82, 2.24) is 0 Å². The van der Waals surface area contributed by atoms with Crippen LogP contribution in [0.3, 0.4) is 0 Å². The van der Waals surface area contributed by atoms with Crippen LogP contribution >= 0.6 is 15.6 Å². The Bertz CT molecular complexity index is 1940. The van der Waals surface area contributed by atoms with Gasteiger partial charge in [0, 0.05) is 25.7 Å². The minimum Gasteiger partial charge on any atom is -0.462 e. The van der Waals surface area contributed by atoms with E-state index in [1.54, 1.807) is 0 Å². The molecule has 5 atom stereocenters. The smallest absolute Gasteiger partial charge is 0.462 e. The first-order chi connectivity index (χ1) is 49.5. The maximum Gasteiger partial charge on any atom is 0.472 e. The standard InChI is InChI=1S/C83H162O17P2/c1-6-9-12-15-18-21-24-26-28-30-32-34-36-38-40-42-47-52-57-62-67-81(86)94-73-78(99-82(87)68-63-58-53-48-43-41-39-37-35-33-31-29-27-25-22-19-16-13-10-7-2)74-97-101(89,90)95-70-77(84)71-96-102(91,92)98-75-79(72-93-80(85)66-61-56-51-46-23-20-17-14-11-8-3)100-83(88)69-64-59-54-49-44-45-50-55-60-65-76(4)5/h76-79,84H,6-75H2,1-5H3,(H,89,90)(H,91,92)/t77-,78-,79-/m1/s1. The number of phosphoric ester groups is 2. The van der Waals surface area contributed by atoms with E-state index in [4.69, 9.17) is 37.0 Å². The Kier molecular flexibility index (Phi) is 74.4. The number of carbonyl (C=O) groups is 4. The van der Waals surface area contributed by atoms with Crippen LogP contribution in [0.15, 0.2) is 0 Å². The molecule has 0 saturated heterocycles. The summed E-state index contributed by atoms with van der Waals surface area (Å²) in [4.78, 5) is 73.0. The SMILES string of the molecule is CCCCCCCCCCCCCCCCCCCCCCC(=O)OC[C@H](COP(=O)(O)OC[C@@H](O)COP(=O)(O)OC[C@@H](COC(=O)CCCCCCCCCCCC)OC(=O)CCCCCCCCCCCC(C)C)OC(=O)CCCCCCCCCCCCCCCCCCCCCC. The largest absolute Gasteiger partial charge is 0.472 e. The van der Waals surface area contributed by atoms with E-state index < -0.39 is 97.5 Å². The van der Waals surface area contributed by atoms with Crippen molar-refractivity contribution in [1.29, 1.82) is 0 Å². The zero-order valence-electron chi connectivity index (χ0n) is 66.8. The molecule has 19 heteroatoms. The Morgan fingerprint density at radius 1 is 0.265 bits per heavy atom. The molecule has 0 radical (unpaired) electrons. The maximum absolute atomic E-state index is 13.1. The van der Waals surface area contributed by atoms with E-state index in [1.165, 1.54) is 270 Å². The summed E-state index contributed by atoms with van der Waals surface area (Å²) in [5.41, 5.74) is 0. The zero-order valence-corrected chi connectivity index (χ0v) is 68.5. The molecule has 0 aliphatic rings. The summed E-state index contributed by atoms with van der Waals surface area (Å²) in [7, 11) is -9.92. The Balaban J connectivity index is 5.20. The predicted octanol–water partition coefficient (Wildman–Crippen LogP) is 25.2. The molecule has 0 spiro atoms. The molecular formula is C83H162O17P2. The van der Waals surface area contributed by atoms with Crippen molar-refractivity contribution >= 4 is 39.5 Å². The molecule has 102 heavy (non-hydrogen) atoms. The van der Waals surface area contributed by atoms with Crippen LogP contribution in [0.2, 0.25) is 0 Å². The topological polar surface area (TPSA) is 237 Å². The number of ether oxygens (including phenoxy) is 4. The average molecular weight is 1490 g/mol. The van der Waals surface area contributed by atoms with Crippen molar-refractivity contribution in [3.8, 4) is 0 Å². The van der Waals surface area contributed by atoms with Crippen molar-refractivity contribution in [3.05, 3.63) is 0 Å². The first-order valence-corrected chi connectivity index (χ1v) is 46.1. The van der Waals surface area contributed by atoms with Gasteiger partial charge in [0.1, 0.15) is 19.3 Å². The van der Waals surface area contributed by atoms with E-state index in [0.717, 1.165) is 95.8 Å². The molecule has 0 aliphatic carbocycles. The third-order valence-electron chi connectivity index (χ3n) is 19.5. The van der Waals surface area contributed by atoms with Crippen molar-refractivity contribution in [2.45, 2.75) is 464 Å². The molecule has 2 unspecified atom stereocenters. The molecule has 0 aliphatic heterocycles. The highest BCUT2D eigenvalue weighted by Crippen LogP contribution is 2.45. The first kappa shape index (κ1) is 100. The monoisotopic (exact) mass is 1490 g/mol. The molecule has 0 amide bonds. The molecule has 0 heterocycles. The molecule has 0 aromatic heterocycles. The number of unbranched alkanes of at least 4 members (excludes halogenated alkanes) is 55. The summed E-state index contributed by atoms with van der Waals surface area (Å²) in [6.45, 7) is 7.30. The lowest BCUT2D eigenvalue weighted by atomic mass is 10.0. The second-order valence-corrected chi connectivity index (χ2v) is 33.3. The van der Waals surface area contributed by atoms with E-state index in [2.05, 4.69) is 34.6 Å². The fourth-order valence-corrected chi connectivity index (χ4v) is 14.5. The average Bonchev–Trinajstić information content (AvgIpc) is 0.908. The van der Waals surface area contributed by atoms with Gasteiger partial charge in [0.25, 0.3) is 0 Å². The Morgan fingerprint density at radius 3 is 0.667 bits per heavy atom. The van der Waals surface area contributed by atoms with Gasteiger partial charge in [0.05, 0.1) is 26.4 Å². The second kappa shape index (κ2) is 75.9. The highest BCUT2D eigenvalue weighted by Gasteiger charge is 2.30. The zero-order chi connectivity index (χ0) is 74.8. The van der Waals surface area contributed by atoms with Crippen LogP contribution in [0.25, 0.3) is 0 Å². The normalized spacial score (nSPS) is 13.8. The van der Waals surface area contributed by atoms with Crippen LogP contribution in [-0.4, -0.2) is 96.7 Å². The molecule has 0 bridgehead atoms. The number of aliphatic hydroxyl groups excluding tert-OH is 1. The first-order valence-electron chi connectivity index (χ1n) is 43.1. The summed E-state index contributed by atoms with van der Waals surface area (Å²) in [5.74, 6) is -1.37. The Labute approximate surface area is 626 Å². The number of aliphatic hydroxyl groups is 1. The number of esters is 4. The van der Waals surface area contributed by atoms with E-state index in [9.17, 15) is 43.2 Å². The Morgan fingerprint density at radius 2 is 0.451 bits per heavy atom. The van der Waals surface area contributed by atoms with Gasteiger partial charge in [-0.05, 0) is 31.6 Å². The van der Waals surface area contributed by atoms with Crippen LogP contribution < -0.4 is 0 Å². The van der Waals surface area contributed by atoms with E-state index in [-0.39, 0.29) is 25.7 Å². The summed E-state index contributed by atoms with van der Waals surface area (Å²) in [5, 5.41) is 10.6. The highest BCUT2D eigenvalue weighted by molar-refractivity contribution is 7.47. The quantitative estimate of drug-likeness (QED) is 0.0222. The van der Waals surface area contributed by atoms with Gasteiger partial charge in [0.15, 0.2) is 12.2 Å². The lowest BCUT2D eigenvalue weighted by molar-refractivity contribution is -0.161. The lowest BCUT2D eigenvalue weighted by Crippen LogP contribution is -2.30. The fourth-order valence-electron chi connectivity index (χ4n) is 12.9. The molecule has 0 aromatic carbocycles. The van der Waals surface area contributed by atoms with Crippen LogP contribution in [0.4, 0.5) is 0 Å². The van der Waals surface area contributed by atoms with Crippen molar-refractivity contribution in [3.63, 3.8) is 0 Å². The van der Waals surface area contributed by atoms with Gasteiger partial charge < -0.3 is 33.8 Å². The van der Waals surface area contributed by atoms with Gasteiger partial charge in [-0.25, -0.2) is 9.13 Å². The molecule has 0 fully saturated rings. The highest BCUT2D eigenvalue weighted by atomic mass is 31.2. The molecule has 0 saturated carbocycles. The van der Waals surface area contributed by atoms with Crippen molar-refractivity contribution < 1.29 is 80.2 Å². The molecule has 0 rings (SSSR count). The molecule has 0 aromatic rings. The van der Waals surface area contributed by atoms with Crippen LogP contribution in [0.1, 0.15) is 446 Å². The summed E-state index contributed by atoms with van der Waals surface area (Å²) in [6.07, 6.45) is 68.2. The second-order valence-electron chi connectivity index (χ2n) is 30.3. The van der Waals surface area contributed by atoms with Crippen molar-refractivity contribution in [2.24, 2.45) is 5.92 Å². The van der Waals surface area contributed by atoms with Gasteiger partial charge in [-0.1, -0.05) is 394 Å². The number of hydrogen-bond acceptors (Lipinski definition) is 15. The lowest BCUT2D eigenvalue weighted by Gasteiger charge is -2.21. The summed E-state index contributed by atoms with van der Waals surface area (Å²) < 4.78 is 68.7. The van der Waals surface area contributed by atoms with Gasteiger partial charge in [-0.3, -0.25) is 37.3 Å². The van der Waals surface area contributed by atoms with E-state index in [0.29, 0.717) is 25.7 Å². The van der Waals surface area contributed by atoms with Crippen molar-refractivity contribution in [2.75, 3.05) is 39.6 Å². The number of rotatable bonds is 83. The maximum atomic E-state index is 13.1. The molecular weight excluding hydrogens is 1330 g/mol. The molecule has 3 N–H and O–H groups in total. The van der Waals surface area contributed by atoms with Crippen LogP contribution in [0, 0.1) is 5.92 Å².